The Bertz CT molecular complexity index is 1380. The number of hydrogen-bond donors (Lipinski definition) is 9. The van der Waals surface area contributed by atoms with Gasteiger partial charge >= 0.3 is 0 Å². The Hall–Kier alpha value is -1.79. The van der Waals surface area contributed by atoms with E-state index < -0.39 is 86.8 Å². The van der Waals surface area contributed by atoms with Crippen LogP contribution in [0.1, 0.15) is 245 Å². The van der Waals surface area contributed by atoms with Gasteiger partial charge in [0.25, 0.3) is 0 Å². The Morgan fingerprint density at radius 1 is 0.486 bits per heavy atom. The highest BCUT2D eigenvalue weighted by Crippen LogP contribution is 2.30. The van der Waals surface area contributed by atoms with Crippen molar-refractivity contribution >= 4 is 5.91 Å². The van der Waals surface area contributed by atoms with Crippen LogP contribution in [-0.2, 0) is 23.7 Å². The largest absolute Gasteiger partial charge is 0.394 e. The number of ether oxygens (including phenoxy) is 4. The summed E-state index contributed by atoms with van der Waals surface area (Å²) < 4.78 is 22.8. The molecule has 0 aromatic heterocycles. The SMILES string of the molecule is CCCCC/C=C\C/C=C\CCCCCCCCCC(=O)NC(COC1OC(CO)C(OC2OC(CO)C(O)C(O)C2O)C(O)C1O)C(O)/C=C/CCCCCCCCCCCCCCCCCCCCCCC. The first-order chi connectivity index (χ1) is 36.1. The summed E-state index contributed by atoms with van der Waals surface area (Å²) in [5.41, 5.74) is 0. The van der Waals surface area contributed by atoms with Crippen LogP contribution in [0.4, 0.5) is 0 Å². The molecular weight excluding hydrogens is 943 g/mol. The van der Waals surface area contributed by atoms with Gasteiger partial charge in [-0.3, -0.25) is 4.79 Å². The molecule has 434 valence electrons. The minimum absolute atomic E-state index is 0.246. The van der Waals surface area contributed by atoms with Crippen LogP contribution in [0.15, 0.2) is 36.5 Å². The number of allylic oxidation sites excluding steroid dienone is 5. The maximum Gasteiger partial charge on any atom is 0.220 e. The van der Waals surface area contributed by atoms with Crippen molar-refractivity contribution < 1.29 is 64.6 Å². The fourth-order valence-electron chi connectivity index (χ4n) is 9.91. The number of aliphatic hydroxyl groups is 8. The number of unbranched alkanes of at least 4 members (excludes halogenated alkanes) is 31. The van der Waals surface area contributed by atoms with E-state index in [1.165, 1.54) is 161 Å². The maximum atomic E-state index is 13.2. The molecule has 2 saturated heterocycles. The third-order valence-corrected chi connectivity index (χ3v) is 14.8. The molecule has 1 amide bonds. The van der Waals surface area contributed by atoms with E-state index >= 15 is 0 Å². The number of carbonyl (C=O) groups excluding carboxylic acids is 1. The molecular formula is C60H111NO13. The monoisotopic (exact) mass is 1050 g/mol. The van der Waals surface area contributed by atoms with E-state index in [0.717, 1.165) is 57.8 Å². The molecule has 0 aliphatic carbocycles. The van der Waals surface area contributed by atoms with E-state index in [1.807, 2.05) is 6.08 Å². The molecule has 12 atom stereocenters. The van der Waals surface area contributed by atoms with Crippen molar-refractivity contribution in [1.29, 1.82) is 0 Å². The van der Waals surface area contributed by atoms with Gasteiger partial charge in [0.15, 0.2) is 12.6 Å². The number of hydrogen-bond acceptors (Lipinski definition) is 13. The number of carbonyl (C=O) groups is 1. The van der Waals surface area contributed by atoms with E-state index in [9.17, 15) is 45.6 Å². The van der Waals surface area contributed by atoms with Gasteiger partial charge in [0.1, 0.15) is 48.8 Å². The van der Waals surface area contributed by atoms with Gasteiger partial charge in [-0.2, -0.15) is 0 Å². The average molecular weight is 1050 g/mol. The smallest absolute Gasteiger partial charge is 0.220 e. The zero-order valence-corrected chi connectivity index (χ0v) is 46.6. The van der Waals surface area contributed by atoms with Gasteiger partial charge in [-0.1, -0.05) is 224 Å². The van der Waals surface area contributed by atoms with Gasteiger partial charge in [-0.25, -0.2) is 0 Å². The summed E-state index contributed by atoms with van der Waals surface area (Å²) in [7, 11) is 0. The summed E-state index contributed by atoms with van der Waals surface area (Å²) in [6.45, 7) is 2.78. The molecule has 2 fully saturated rings. The number of nitrogens with one attached hydrogen (secondary N) is 1. The molecule has 74 heavy (non-hydrogen) atoms. The summed E-state index contributed by atoms with van der Waals surface area (Å²) in [5, 5.41) is 87.1. The van der Waals surface area contributed by atoms with Gasteiger partial charge in [-0.15, -0.1) is 0 Å². The molecule has 0 saturated carbocycles. The highest BCUT2D eigenvalue weighted by Gasteiger charge is 2.51. The minimum Gasteiger partial charge on any atom is -0.394 e. The van der Waals surface area contributed by atoms with Crippen molar-refractivity contribution in [2.24, 2.45) is 0 Å². The van der Waals surface area contributed by atoms with E-state index in [1.54, 1.807) is 6.08 Å². The molecule has 0 radical (unpaired) electrons. The molecule has 2 rings (SSSR count). The number of amides is 1. The second-order valence-corrected chi connectivity index (χ2v) is 21.5. The summed E-state index contributed by atoms with van der Waals surface area (Å²) in [5.74, 6) is -0.246. The second kappa shape index (κ2) is 46.2. The lowest BCUT2D eigenvalue weighted by molar-refractivity contribution is -0.359. The highest BCUT2D eigenvalue weighted by atomic mass is 16.7. The molecule has 0 aromatic rings. The standard InChI is InChI=1S/C60H111NO13/c1-3-5-7-9-11-13-15-17-19-21-22-23-24-25-26-28-29-31-33-35-37-39-41-43-49(64)48(61-52(65)44-42-40-38-36-34-32-30-27-20-18-16-14-12-10-8-6-4-2)47-71-59-57(70)55(68)58(51(46-63)73-59)74-60-56(69)54(67)53(66)50(45-62)72-60/h12,14,18,20,41,43,48-51,53-60,62-64,66-70H,3-11,13,15-17,19,21-40,42,44-47H2,1-2H3,(H,61,65)/b14-12-,20-18-,43-41+. The number of aliphatic hydroxyl groups excluding tert-OH is 8. The molecule has 2 aliphatic rings. The van der Waals surface area contributed by atoms with Gasteiger partial charge in [0, 0.05) is 6.42 Å². The lowest BCUT2D eigenvalue weighted by atomic mass is 9.97. The molecule has 0 bridgehead atoms. The average Bonchev–Trinajstić information content (AvgIpc) is 3.40. The van der Waals surface area contributed by atoms with Crippen LogP contribution in [-0.4, -0.2) is 140 Å². The van der Waals surface area contributed by atoms with E-state index in [4.69, 9.17) is 18.9 Å². The first kappa shape index (κ1) is 68.3. The third kappa shape index (κ3) is 31.6. The lowest BCUT2D eigenvalue weighted by Gasteiger charge is -2.46. The van der Waals surface area contributed by atoms with Crippen LogP contribution in [0.5, 0.6) is 0 Å². The molecule has 9 N–H and O–H groups in total. The summed E-state index contributed by atoms with van der Waals surface area (Å²) >= 11 is 0. The van der Waals surface area contributed by atoms with Crippen molar-refractivity contribution in [2.75, 3.05) is 19.8 Å². The first-order valence-corrected chi connectivity index (χ1v) is 30.2. The fourth-order valence-corrected chi connectivity index (χ4v) is 9.91. The molecule has 2 aliphatic heterocycles. The van der Waals surface area contributed by atoms with Crippen LogP contribution in [0.2, 0.25) is 0 Å². The van der Waals surface area contributed by atoms with E-state index in [0.29, 0.717) is 6.42 Å². The second-order valence-electron chi connectivity index (χ2n) is 21.5. The molecule has 2 heterocycles. The maximum absolute atomic E-state index is 13.2. The van der Waals surface area contributed by atoms with Crippen molar-refractivity contribution in [3.8, 4) is 0 Å². The fraction of sp³-hybridized carbons (Fsp3) is 0.883. The Balaban J connectivity index is 1.76. The normalized spacial score (nSPS) is 25.4. The first-order valence-electron chi connectivity index (χ1n) is 30.2. The molecule has 14 heteroatoms. The minimum atomic E-state index is -1.79. The molecule has 0 spiro atoms. The van der Waals surface area contributed by atoms with Crippen LogP contribution >= 0.6 is 0 Å². The highest BCUT2D eigenvalue weighted by molar-refractivity contribution is 5.76. The van der Waals surface area contributed by atoms with Gasteiger partial charge in [-0.05, 0) is 51.4 Å². The van der Waals surface area contributed by atoms with Gasteiger partial charge in [0.2, 0.25) is 5.91 Å². The predicted octanol–water partition coefficient (Wildman–Crippen LogP) is 10.2. The van der Waals surface area contributed by atoms with Crippen molar-refractivity contribution in [2.45, 2.75) is 319 Å². The van der Waals surface area contributed by atoms with Gasteiger partial charge in [0.05, 0.1) is 32.0 Å². The van der Waals surface area contributed by atoms with Crippen LogP contribution in [0.25, 0.3) is 0 Å². The summed E-state index contributed by atoms with van der Waals surface area (Å²) in [6, 6.07) is -0.919. The Kier molecular flexibility index (Phi) is 42.6. The third-order valence-electron chi connectivity index (χ3n) is 14.8. The molecule has 14 nitrogen and oxygen atoms in total. The van der Waals surface area contributed by atoms with Crippen LogP contribution in [0.3, 0.4) is 0 Å². The van der Waals surface area contributed by atoms with Crippen molar-refractivity contribution in [1.82, 2.24) is 5.32 Å². The Labute approximate surface area is 449 Å². The Morgan fingerprint density at radius 3 is 1.38 bits per heavy atom. The summed E-state index contributed by atoms with van der Waals surface area (Å²) in [4.78, 5) is 13.2. The van der Waals surface area contributed by atoms with Crippen LogP contribution in [0, 0.1) is 0 Å². The van der Waals surface area contributed by atoms with E-state index in [2.05, 4.69) is 43.5 Å². The quantitative estimate of drug-likeness (QED) is 0.0204. The van der Waals surface area contributed by atoms with Crippen molar-refractivity contribution in [3.05, 3.63) is 36.5 Å². The van der Waals surface area contributed by atoms with Crippen LogP contribution < -0.4 is 5.32 Å². The molecule has 0 aromatic carbocycles. The van der Waals surface area contributed by atoms with Gasteiger partial charge < -0.3 is 65.1 Å². The zero-order chi connectivity index (χ0) is 53.9. The van der Waals surface area contributed by atoms with Crippen molar-refractivity contribution in [3.63, 3.8) is 0 Å². The topological polar surface area (TPSA) is 228 Å². The Morgan fingerprint density at radius 2 is 0.892 bits per heavy atom. The number of rotatable bonds is 48. The predicted molar refractivity (Wildman–Crippen MR) is 295 cm³/mol. The molecule has 12 unspecified atom stereocenters. The zero-order valence-electron chi connectivity index (χ0n) is 46.6. The lowest BCUT2D eigenvalue weighted by Crippen LogP contribution is -2.65. The van der Waals surface area contributed by atoms with E-state index in [-0.39, 0.29) is 18.9 Å². The summed E-state index contributed by atoms with van der Waals surface area (Å²) in [6.07, 6.45) is 38.9.